The Kier molecular flexibility index (Phi) is 5.70. The summed E-state index contributed by atoms with van der Waals surface area (Å²) in [5.41, 5.74) is 2.28. The molecular formula is C20H26N2O5. The molecular weight excluding hydrogens is 348 g/mol. The first-order valence-electron chi connectivity index (χ1n) is 9.06. The molecule has 0 N–H and O–H groups in total. The summed E-state index contributed by atoms with van der Waals surface area (Å²) in [6.45, 7) is 9.15. The van der Waals surface area contributed by atoms with Crippen molar-refractivity contribution in [1.82, 2.24) is 10.1 Å². The Balaban J connectivity index is 1.74. The van der Waals surface area contributed by atoms with E-state index >= 15 is 0 Å². The average Bonchev–Trinajstić information content (AvgIpc) is 2.96. The minimum absolute atomic E-state index is 0.0252. The van der Waals surface area contributed by atoms with E-state index in [9.17, 15) is 4.79 Å². The molecule has 0 saturated carbocycles. The molecule has 1 fully saturated rings. The smallest absolute Gasteiger partial charge is 0.254 e. The number of hydrogen-bond donors (Lipinski definition) is 0. The fourth-order valence-electron chi connectivity index (χ4n) is 3.30. The fraction of sp³-hybridized carbons (Fsp3) is 0.500. The lowest BCUT2D eigenvalue weighted by Gasteiger charge is -2.35. The molecule has 0 bridgehead atoms. The molecule has 2 aromatic rings. The lowest BCUT2D eigenvalue weighted by atomic mass is 10.1. The van der Waals surface area contributed by atoms with Crippen LogP contribution in [0, 0.1) is 13.8 Å². The van der Waals surface area contributed by atoms with Gasteiger partial charge in [0.15, 0.2) is 11.5 Å². The zero-order valence-corrected chi connectivity index (χ0v) is 16.4. The highest BCUT2D eigenvalue weighted by atomic mass is 16.5. The molecule has 3 rings (SSSR count). The molecule has 0 spiro atoms. The number of ether oxygens (including phenoxy) is 3. The molecule has 1 aliphatic rings. The molecule has 1 aliphatic heterocycles. The number of nitrogens with zero attached hydrogens (tertiary/aromatic N) is 2. The summed E-state index contributed by atoms with van der Waals surface area (Å²) < 4.78 is 22.2. The van der Waals surface area contributed by atoms with Crippen LogP contribution in [0.25, 0.3) is 0 Å². The van der Waals surface area contributed by atoms with Gasteiger partial charge in [-0.05, 0) is 45.9 Å². The summed E-state index contributed by atoms with van der Waals surface area (Å²) in [4.78, 5) is 14.7. The molecule has 0 aliphatic carbocycles. The van der Waals surface area contributed by atoms with Crippen molar-refractivity contribution in [3.8, 4) is 11.5 Å². The Hall–Kier alpha value is -2.54. The normalized spacial score (nSPS) is 19.8. The molecule has 146 valence electrons. The fourth-order valence-corrected chi connectivity index (χ4v) is 3.30. The van der Waals surface area contributed by atoms with E-state index in [1.165, 1.54) is 0 Å². The molecule has 1 aromatic heterocycles. The second-order valence-electron chi connectivity index (χ2n) is 6.92. The zero-order valence-electron chi connectivity index (χ0n) is 16.4. The number of methoxy groups -OCH3 is 1. The van der Waals surface area contributed by atoms with Gasteiger partial charge in [0.25, 0.3) is 5.91 Å². The number of hydrogen-bond acceptors (Lipinski definition) is 6. The molecule has 1 saturated heterocycles. The van der Waals surface area contributed by atoms with Crippen LogP contribution in [0.4, 0.5) is 0 Å². The van der Waals surface area contributed by atoms with Gasteiger partial charge in [-0.1, -0.05) is 5.16 Å². The largest absolute Gasteiger partial charge is 0.493 e. The molecule has 2 atom stereocenters. The van der Waals surface area contributed by atoms with Gasteiger partial charge in [-0.25, -0.2) is 0 Å². The van der Waals surface area contributed by atoms with Crippen LogP contribution in [0.15, 0.2) is 22.7 Å². The van der Waals surface area contributed by atoms with E-state index in [0.717, 1.165) is 17.0 Å². The summed E-state index contributed by atoms with van der Waals surface area (Å²) in [7, 11) is 1.56. The summed E-state index contributed by atoms with van der Waals surface area (Å²) in [5.74, 6) is 1.78. The van der Waals surface area contributed by atoms with E-state index in [-0.39, 0.29) is 18.1 Å². The maximum atomic E-state index is 12.9. The quantitative estimate of drug-likeness (QED) is 0.800. The number of aromatic nitrogens is 1. The number of carbonyl (C=O) groups excluding carboxylic acids is 1. The van der Waals surface area contributed by atoms with Crippen molar-refractivity contribution in [2.45, 2.75) is 46.5 Å². The summed E-state index contributed by atoms with van der Waals surface area (Å²) in [5, 5.41) is 3.93. The van der Waals surface area contributed by atoms with Crippen LogP contribution in [0.1, 0.15) is 41.2 Å². The van der Waals surface area contributed by atoms with Crippen molar-refractivity contribution in [2.75, 3.05) is 20.2 Å². The third kappa shape index (κ3) is 4.24. The first-order chi connectivity index (χ1) is 12.9. The van der Waals surface area contributed by atoms with Gasteiger partial charge in [0.1, 0.15) is 12.4 Å². The van der Waals surface area contributed by atoms with Crippen LogP contribution < -0.4 is 9.47 Å². The second kappa shape index (κ2) is 8.00. The SMILES string of the molecule is COc1cc(C(=O)N2C[C@H](C)O[C@@H](C)C2)ccc1OCc1c(C)noc1C. The number of aryl methyl sites for hydroxylation is 2. The van der Waals surface area contributed by atoms with Gasteiger partial charge in [0.05, 0.1) is 30.6 Å². The van der Waals surface area contributed by atoms with E-state index in [1.54, 1.807) is 25.3 Å². The minimum atomic E-state index is -0.0347. The van der Waals surface area contributed by atoms with E-state index in [4.69, 9.17) is 18.7 Å². The summed E-state index contributed by atoms with van der Waals surface area (Å²) >= 11 is 0. The molecule has 1 amide bonds. The Morgan fingerprint density at radius 2 is 1.93 bits per heavy atom. The van der Waals surface area contributed by atoms with Crippen molar-refractivity contribution < 1.29 is 23.5 Å². The van der Waals surface area contributed by atoms with Crippen LogP contribution in [-0.2, 0) is 11.3 Å². The minimum Gasteiger partial charge on any atom is -0.493 e. The van der Waals surface area contributed by atoms with Crippen molar-refractivity contribution in [3.63, 3.8) is 0 Å². The van der Waals surface area contributed by atoms with Crippen molar-refractivity contribution >= 4 is 5.91 Å². The van der Waals surface area contributed by atoms with Gasteiger partial charge >= 0.3 is 0 Å². The van der Waals surface area contributed by atoms with Gasteiger partial charge < -0.3 is 23.6 Å². The number of carbonyl (C=O) groups is 1. The maximum absolute atomic E-state index is 12.9. The van der Waals surface area contributed by atoms with Crippen molar-refractivity contribution in [2.24, 2.45) is 0 Å². The number of benzene rings is 1. The van der Waals surface area contributed by atoms with E-state index in [2.05, 4.69) is 5.16 Å². The van der Waals surface area contributed by atoms with Crippen molar-refractivity contribution in [3.05, 3.63) is 40.8 Å². The topological polar surface area (TPSA) is 74.0 Å². The van der Waals surface area contributed by atoms with Crippen LogP contribution in [0.5, 0.6) is 11.5 Å². The first kappa shape index (κ1) is 19.2. The van der Waals surface area contributed by atoms with Crippen LogP contribution in [0.3, 0.4) is 0 Å². The lowest BCUT2D eigenvalue weighted by molar-refractivity contribution is -0.0586. The Morgan fingerprint density at radius 3 is 2.52 bits per heavy atom. The maximum Gasteiger partial charge on any atom is 0.254 e. The van der Waals surface area contributed by atoms with Crippen LogP contribution in [0.2, 0.25) is 0 Å². The number of rotatable bonds is 5. The first-order valence-corrected chi connectivity index (χ1v) is 9.06. The monoisotopic (exact) mass is 374 g/mol. The lowest BCUT2D eigenvalue weighted by Crippen LogP contribution is -2.48. The molecule has 0 radical (unpaired) electrons. The highest BCUT2D eigenvalue weighted by Crippen LogP contribution is 2.30. The second-order valence-corrected chi connectivity index (χ2v) is 6.92. The molecule has 7 heteroatoms. The predicted octanol–water partition coefficient (Wildman–Crippen LogP) is 3.13. The van der Waals surface area contributed by atoms with Gasteiger partial charge in [0.2, 0.25) is 0 Å². The number of morpholine rings is 1. The predicted molar refractivity (Wildman–Crippen MR) is 99.2 cm³/mol. The molecule has 0 unspecified atom stereocenters. The Bertz CT molecular complexity index is 787. The third-order valence-electron chi connectivity index (χ3n) is 4.67. The van der Waals surface area contributed by atoms with Crippen molar-refractivity contribution in [1.29, 1.82) is 0 Å². The van der Waals surface area contributed by atoms with Gasteiger partial charge in [-0.2, -0.15) is 0 Å². The van der Waals surface area contributed by atoms with E-state index in [1.807, 2.05) is 32.6 Å². The van der Waals surface area contributed by atoms with E-state index in [0.29, 0.717) is 36.8 Å². The highest BCUT2D eigenvalue weighted by molar-refractivity contribution is 5.95. The van der Waals surface area contributed by atoms with Gasteiger partial charge in [-0.3, -0.25) is 4.79 Å². The Morgan fingerprint density at radius 1 is 1.22 bits per heavy atom. The van der Waals surface area contributed by atoms with Crippen LogP contribution in [-0.4, -0.2) is 48.4 Å². The third-order valence-corrected chi connectivity index (χ3v) is 4.67. The zero-order chi connectivity index (χ0) is 19.6. The number of amides is 1. The molecule has 2 heterocycles. The van der Waals surface area contributed by atoms with Gasteiger partial charge in [0, 0.05) is 18.7 Å². The summed E-state index contributed by atoms with van der Waals surface area (Å²) in [6.07, 6.45) is 0.0505. The van der Waals surface area contributed by atoms with Gasteiger partial charge in [-0.15, -0.1) is 0 Å². The average molecular weight is 374 g/mol. The molecule has 7 nitrogen and oxygen atoms in total. The molecule has 1 aromatic carbocycles. The van der Waals surface area contributed by atoms with Crippen LogP contribution >= 0.6 is 0 Å². The standard InChI is InChI=1S/C20H26N2O5/c1-12-9-22(10-13(2)26-12)20(23)16-6-7-18(19(8-16)24-5)25-11-17-14(3)21-27-15(17)4/h6-8,12-13H,9-11H2,1-5H3/t12-,13-/m0/s1. The van der Waals surface area contributed by atoms with E-state index < -0.39 is 0 Å². The molecule has 27 heavy (non-hydrogen) atoms. The highest BCUT2D eigenvalue weighted by Gasteiger charge is 2.27. The Labute approximate surface area is 159 Å². The summed E-state index contributed by atoms with van der Waals surface area (Å²) in [6, 6.07) is 5.24.